The quantitative estimate of drug-likeness (QED) is 0.577. The van der Waals surface area contributed by atoms with E-state index in [0.717, 1.165) is 0 Å². The number of rotatable bonds is 6. The second-order valence-corrected chi connectivity index (χ2v) is 7.34. The van der Waals surface area contributed by atoms with Crippen LogP contribution in [0.1, 0.15) is 6.42 Å². The van der Waals surface area contributed by atoms with Gasteiger partial charge in [-0.2, -0.15) is 0 Å². The summed E-state index contributed by atoms with van der Waals surface area (Å²) >= 11 is 0. The maximum absolute atomic E-state index is 11.4. The molecule has 1 aliphatic heterocycles. The molecule has 21 heavy (non-hydrogen) atoms. The normalized spacial score (nSPS) is 20.6. The van der Waals surface area contributed by atoms with E-state index >= 15 is 0 Å². The number of hydrogen-bond acceptors (Lipinski definition) is 6. The number of nitro groups is 1. The highest BCUT2D eigenvalue weighted by molar-refractivity contribution is 7.91. The third kappa shape index (κ3) is 4.15. The number of nitrogens with zero attached hydrogens (tertiary/aromatic N) is 2. The van der Waals surface area contributed by atoms with Crippen molar-refractivity contribution in [2.45, 2.75) is 12.5 Å². The van der Waals surface area contributed by atoms with Crippen LogP contribution in [0, 0.1) is 10.1 Å². The molecule has 0 amide bonds. The first-order valence-corrected chi connectivity index (χ1v) is 8.48. The Balaban J connectivity index is 1.86. The molecule has 0 spiro atoms. The number of benzene rings is 1. The van der Waals surface area contributed by atoms with Gasteiger partial charge in [-0.25, -0.2) is 8.42 Å². The summed E-state index contributed by atoms with van der Waals surface area (Å²) in [6.45, 7) is 0.796. The Labute approximate surface area is 123 Å². The molecule has 1 atom stereocenters. The van der Waals surface area contributed by atoms with E-state index in [0.29, 0.717) is 13.0 Å². The summed E-state index contributed by atoms with van der Waals surface area (Å²) in [5, 5.41) is 10.8. The van der Waals surface area contributed by atoms with Crippen LogP contribution in [0.5, 0.6) is 5.75 Å². The van der Waals surface area contributed by atoms with E-state index < -0.39 is 14.8 Å². The lowest BCUT2D eigenvalue weighted by Crippen LogP contribution is -2.35. The van der Waals surface area contributed by atoms with Gasteiger partial charge in [-0.15, -0.1) is 0 Å². The Bertz CT molecular complexity index is 617. The smallest absolute Gasteiger partial charge is 0.310 e. The third-order valence-electron chi connectivity index (χ3n) is 3.60. The first-order chi connectivity index (χ1) is 9.89. The van der Waals surface area contributed by atoms with Gasteiger partial charge in [0.15, 0.2) is 15.6 Å². The van der Waals surface area contributed by atoms with Crippen LogP contribution in [0.2, 0.25) is 0 Å². The number of sulfone groups is 1. The molecule has 1 aliphatic rings. The monoisotopic (exact) mass is 314 g/mol. The summed E-state index contributed by atoms with van der Waals surface area (Å²) in [4.78, 5) is 12.3. The van der Waals surface area contributed by atoms with E-state index in [9.17, 15) is 18.5 Å². The molecular weight excluding hydrogens is 296 g/mol. The van der Waals surface area contributed by atoms with Gasteiger partial charge in [0.25, 0.3) is 0 Å². The van der Waals surface area contributed by atoms with E-state index in [4.69, 9.17) is 4.74 Å². The first kappa shape index (κ1) is 15.7. The van der Waals surface area contributed by atoms with Crippen molar-refractivity contribution in [2.24, 2.45) is 0 Å². The largest absolute Gasteiger partial charge is 0.485 e. The maximum atomic E-state index is 11.4. The van der Waals surface area contributed by atoms with E-state index in [2.05, 4.69) is 0 Å². The predicted octanol–water partition coefficient (Wildman–Crippen LogP) is 1.09. The van der Waals surface area contributed by atoms with Crippen molar-refractivity contribution >= 4 is 15.5 Å². The molecule has 116 valence electrons. The number of hydrogen-bond donors (Lipinski definition) is 0. The molecule has 1 aromatic rings. The van der Waals surface area contributed by atoms with E-state index in [1.54, 1.807) is 18.2 Å². The Morgan fingerprint density at radius 3 is 2.76 bits per heavy atom. The van der Waals surface area contributed by atoms with Gasteiger partial charge < -0.3 is 4.74 Å². The SMILES string of the molecule is CN(CCOc1ccccc1[N+](=O)[O-])C1CCS(=O)(=O)C1. The molecule has 1 saturated heterocycles. The third-order valence-corrected chi connectivity index (χ3v) is 5.35. The summed E-state index contributed by atoms with van der Waals surface area (Å²) in [5.41, 5.74) is -0.0661. The van der Waals surface area contributed by atoms with Gasteiger partial charge in [-0.3, -0.25) is 15.0 Å². The molecule has 2 rings (SSSR count). The van der Waals surface area contributed by atoms with Crippen LogP contribution < -0.4 is 4.74 Å². The highest BCUT2D eigenvalue weighted by atomic mass is 32.2. The first-order valence-electron chi connectivity index (χ1n) is 6.66. The number of ether oxygens (including phenoxy) is 1. The molecule has 7 nitrogen and oxygen atoms in total. The second-order valence-electron chi connectivity index (χ2n) is 5.11. The standard InChI is InChI=1S/C13H18N2O5S/c1-14(11-6-9-21(18,19)10-11)7-8-20-13-5-3-2-4-12(13)15(16)17/h2-5,11H,6-10H2,1H3. The molecular formula is C13H18N2O5S. The minimum atomic E-state index is -2.91. The fraction of sp³-hybridized carbons (Fsp3) is 0.538. The lowest BCUT2D eigenvalue weighted by Gasteiger charge is -2.22. The van der Waals surface area contributed by atoms with Crippen LogP contribution in [-0.2, 0) is 9.84 Å². The van der Waals surface area contributed by atoms with Crippen molar-refractivity contribution in [3.63, 3.8) is 0 Å². The molecule has 0 saturated carbocycles. The molecule has 8 heteroatoms. The van der Waals surface area contributed by atoms with Gasteiger partial charge in [0.05, 0.1) is 16.4 Å². The van der Waals surface area contributed by atoms with Crippen LogP contribution in [0.25, 0.3) is 0 Å². The van der Waals surface area contributed by atoms with Gasteiger partial charge in [-0.05, 0) is 19.5 Å². The lowest BCUT2D eigenvalue weighted by molar-refractivity contribution is -0.385. The van der Waals surface area contributed by atoms with Gasteiger partial charge in [-0.1, -0.05) is 12.1 Å². The zero-order valence-electron chi connectivity index (χ0n) is 11.8. The van der Waals surface area contributed by atoms with Crippen molar-refractivity contribution in [1.29, 1.82) is 0 Å². The van der Waals surface area contributed by atoms with Gasteiger partial charge in [0, 0.05) is 18.7 Å². The Morgan fingerprint density at radius 2 is 2.14 bits per heavy atom. The van der Waals surface area contributed by atoms with Crippen LogP contribution >= 0.6 is 0 Å². The zero-order chi connectivity index (χ0) is 15.5. The van der Waals surface area contributed by atoms with E-state index in [-0.39, 0.29) is 35.6 Å². The molecule has 1 aromatic carbocycles. The topological polar surface area (TPSA) is 89.8 Å². The van der Waals surface area contributed by atoms with Crippen molar-refractivity contribution in [3.8, 4) is 5.75 Å². The lowest BCUT2D eigenvalue weighted by atomic mass is 10.2. The van der Waals surface area contributed by atoms with Crippen molar-refractivity contribution in [2.75, 3.05) is 31.7 Å². The molecule has 1 heterocycles. The number of para-hydroxylation sites is 2. The molecule has 0 radical (unpaired) electrons. The minimum Gasteiger partial charge on any atom is -0.485 e. The van der Waals surface area contributed by atoms with Crippen LogP contribution in [-0.4, -0.2) is 56.0 Å². The predicted molar refractivity (Wildman–Crippen MR) is 78.3 cm³/mol. The molecule has 0 aromatic heterocycles. The van der Waals surface area contributed by atoms with Crippen molar-refractivity contribution in [3.05, 3.63) is 34.4 Å². The molecule has 0 aliphatic carbocycles. The summed E-state index contributed by atoms with van der Waals surface area (Å²) in [5.74, 6) is 0.636. The average molecular weight is 314 g/mol. The Kier molecular flexibility index (Phi) is 4.79. The zero-order valence-corrected chi connectivity index (χ0v) is 12.6. The molecule has 0 N–H and O–H groups in total. The van der Waals surface area contributed by atoms with Crippen LogP contribution in [0.15, 0.2) is 24.3 Å². The Hall–Kier alpha value is -1.67. The fourth-order valence-corrected chi connectivity index (χ4v) is 4.14. The minimum absolute atomic E-state index is 0.00404. The summed E-state index contributed by atoms with van der Waals surface area (Å²) in [6.07, 6.45) is 0.629. The fourth-order valence-electron chi connectivity index (χ4n) is 2.34. The van der Waals surface area contributed by atoms with Crippen LogP contribution in [0.3, 0.4) is 0 Å². The second kappa shape index (κ2) is 6.40. The Morgan fingerprint density at radius 1 is 1.43 bits per heavy atom. The number of likely N-dealkylation sites (N-methyl/N-ethyl adjacent to an activating group) is 1. The molecule has 1 fully saturated rings. The van der Waals surface area contributed by atoms with E-state index in [1.165, 1.54) is 6.07 Å². The van der Waals surface area contributed by atoms with Gasteiger partial charge in [0.1, 0.15) is 6.61 Å². The van der Waals surface area contributed by atoms with Crippen LogP contribution in [0.4, 0.5) is 5.69 Å². The summed E-state index contributed by atoms with van der Waals surface area (Å²) in [7, 11) is -1.07. The van der Waals surface area contributed by atoms with Gasteiger partial charge >= 0.3 is 5.69 Å². The molecule has 0 bridgehead atoms. The van der Waals surface area contributed by atoms with E-state index in [1.807, 2.05) is 11.9 Å². The maximum Gasteiger partial charge on any atom is 0.310 e. The van der Waals surface area contributed by atoms with Gasteiger partial charge in [0.2, 0.25) is 0 Å². The highest BCUT2D eigenvalue weighted by Gasteiger charge is 2.30. The molecule has 1 unspecified atom stereocenters. The van der Waals surface area contributed by atoms with Crippen molar-refractivity contribution in [1.82, 2.24) is 4.90 Å². The summed E-state index contributed by atoms with van der Waals surface area (Å²) in [6, 6.07) is 6.21. The average Bonchev–Trinajstić information content (AvgIpc) is 2.79. The highest BCUT2D eigenvalue weighted by Crippen LogP contribution is 2.25. The summed E-state index contributed by atoms with van der Waals surface area (Å²) < 4.78 is 28.3. The van der Waals surface area contributed by atoms with Crippen molar-refractivity contribution < 1.29 is 18.1 Å². The number of nitro benzene ring substituents is 1.